The molecule has 81 heavy (non-hydrogen) atoms. The molecule has 0 saturated carbocycles. The fraction of sp³-hybridized carbons (Fsp3) is 0.488. The van der Waals surface area contributed by atoms with Crippen molar-refractivity contribution in [3.63, 3.8) is 0 Å². The van der Waals surface area contributed by atoms with Gasteiger partial charge in [-0.25, -0.2) is 22.8 Å². The van der Waals surface area contributed by atoms with Crippen LogP contribution in [0.25, 0.3) is 0 Å². The van der Waals surface area contributed by atoms with Crippen LogP contribution in [-0.2, 0) is 30.2 Å². The molecule has 26 N–H and O–H groups in total. The van der Waals surface area contributed by atoms with Crippen molar-refractivity contribution < 1.29 is 104 Å². The van der Waals surface area contributed by atoms with Crippen LogP contribution >= 0.6 is 7.60 Å². The second-order valence-corrected chi connectivity index (χ2v) is 20.7. The van der Waals surface area contributed by atoms with Crippen LogP contribution in [-0.4, -0.2) is 233 Å². The molecular weight excluding hydrogens is 1140 g/mol. The predicted octanol–water partition coefficient (Wildman–Crippen LogP) is -9.82. The van der Waals surface area contributed by atoms with Crippen molar-refractivity contribution in [2.24, 2.45) is 0 Å². The molecule has 0 aliphatic carbocycles. The summed E-state index contributed by atoms with van der Waals surface area (Å²) in [6.45, 7) is -3.80. The van der Waals surface area contributed by atoms with Crippen molar-refractivity contribution in [1.29, 1.82) is 0 Å². The molecule has 0 aliphatic rings. The van der Waals surface area contributed by atoms with Crippen LogP contribution in [0.5, 0.6) is 0 Å². The number of hydrogen-bond donors (Lipinski definition) is 26. The number of aliphatic hydroxyl groups excluding tert-OH is 12. The summed E-state index contributed by atoms with van der Waals surface area (Å²) in [5, 5.41) is 132. The minimum absolute atomic E-state index is 0.00842. The topological polar surface area (TPSA) is 663 Å². The average Bonchev–Trinajstić information content (AvgIpc) is 3.40. The number of H-pyrrole nitrogens is 6. The monoisotopic (exact) mass is 1200 g/mol. The number of amides is 2. The molecule has 454 valence electrons. The number of benzene rings is 1. The number of sulfone groups is 1. The van der Waals surface area contributed by atoms with E-state index in [-0.39, 0.29) is 52.9 Å². The molecular formula is C41H62N11O27PS. The van der Waals surface area contributed by atoms with Crippen LogP contribution in [0.15, 0.2) is 57.9 Å². The fourth-order valence-electron chi connectivity index (χ4n) is 6.21. The van der Waals surface area contributed by atoms with Crippen LogP contribution in [0.3, 0.4) is 0 Å². The number of aliphatic carboxylic acids is 1. The Labute approximate surface area is 452 Å². The van der Waals surface area contributed by atoms with E-state index >= 15 is 0 Å². The zero-order chi connectivity index (χ0) is 61.7. The lowest BCUT2D eigenvalue weighted by atomic mass is 10.1. The highest BCUT2D eigenvalue weighted by molar-refractivity contribution is 7.90. The van der Waals surface area contributed by atoms with Gasteiger partial charge in [0.1, 0.15) is 65.5 Å². The lowest BCUT2D eigenvalue weighted by molar-refractivity contribution is -0.137. The summed E-state index contributed by atoms with van der Waals surface area (Å²) in [4.78, 5) is 135. The van der Waals surface area contributed by atoms with Crippen LogP contribution < -0.4 is 60.3 Å². The summed E-state index contributed by atoms with van der Waals surface area (Å²) in [7, 11) is -8.08. The lowest BCUT2D eigenvalue weighted by Gasteiger charge is -2.22. The van der Waals surface area contributed by atoms with E-state index in [0.29, 0.717) is 0 Å². The standard InChI is InChI=1S/C17H22N4O9S.C14H22N4O9.C10H18N3O9P/c1-31(29,30)9-4-2-8(3-5-9)15(26)19-12-14(20-17(28)21-16(12)27)18-6-10(23)13(25)11(24)7-22;19-5-7(21)11(25)6(20)4-15-12-10(13(26)18-14(27)17-12)16-8(22)2-1-3-9(23)24;14-2-6(16)7(17)5(15)1-11-8-4(3-23(20,21)22)9(18)13-10(19)12-8/h2-5,10-11,13,22-25H,6-7H2,1H3,(H,19,26)(H3,18,20,21,27,28);6-7,11,19-21,25H,1-5H2,(H,16,22)(H,23,24)(H3,15,17,18,26,27);5-7,14-17H,1-3H2,(H2,20,21,22)(H3,11,12,13,18,19)/t10-,11+,13-;6-,7+,11-;5-,6+,7-/m000/s1. The van der Waals surface area contributed by atoms with Crippen molar-refractivity contribution in [3.05, 3.63) is 97.9 Å². The van der Waals surface area contributed by atoms with E-state index in [9.17, 15) is 102 Å². The molecule has 4 aromatic rings. The molecule has 40 heteroatoms. The molecule has 0 bridgehead atoms. The molecule has 9 atom stereocenters. The Hall–Kier alpha value is -7.31. The highest BCUT2D eigenvalue weighted by Crippen LogP contribution is 2.39. The molecule has 0 spiro atoms. The maximum absolute atomic E-state index is 12.5. The van der Waals surface area contributed by atoms with E-state index in [1.165, 1.54) is 24.3 Å². The summed E-state index contributed by atoms with van der Waals surface area (Å²) in [6, 6.07) is 4.89. The van der Waals surface area contributed by atoms with Crippen LogP contribution in [0, 0.1) is 0 Å². The van der Waals surface area contributed by atoms with Crippen molar-refractivity contribution in [2.75, 3.05) is 72.3 Å². The van der Waals surface area contributed by atoms with Crippen molar-refractivity contribution in [1.82, 2.24) is 29.9 Å². The van der Waals surface area contributed by atoms with Crippen molar-refractivity contribution in [2.45, 2.75) is 85.3 Å². The number of aromatic amines is 6. The van der Waals surface area contributed by atoms with Gasteiger partial charge in [-0.05, 0) is 30.7 Å². The highest BCUT2D eigenvalue weighted by Gasteiger charge is 2.28. The van der Waals surface area contributed by atoms with Crippen molar-refractivity contribution >= 4 is 64.0 Å². The quantitative estimate of drug-likeness (QED) is 0.0235. The number of rotatable bonds is 28. The van der Waals surface area contributed by atoms with Gasteiger partial charge in [-0.2, -0.15) is 0 Å². The maximum Gasteiger partial charge on any atom is 0.330 e. The van der Waals surface area contributed by atoms with E-state index < -0.39 is 181 Å². The number of anilines is 5. The Morgan fingerprint density at radius 3 is 1.28 bits per heavy atom. The zero-order valence-electron chi connectivity index (χ0n) is 42.0. The Kier molecular flexibility index (Phi) is 27.8. The van der Waals surface area contributed by atoms with E-state index in [4.69, 9.17) is 30.2 Å². The number of aromatic nitrogens is 6. The Morgan fingerprint density at radius 1 is 0.543 bits per heavy atom. The molecule has 0 aliphatic heterocycles. The molecule has 4 rings (SSSR count). The second-order valence-electron chi connectivity index (χ2n) is 17.0. The molecule has 1 aromatic carbocycles. The van der Waals surface area contributed by atoms with Gasteiger partial charge in [0, 0.05) is 44.3 Å². The molecule has 3 aromatic heterocycles. The SMILES string of the molecule is CS(=O)(=O)c1ccc(C(=O)Nc2c(NC[C@H](O)[C@H](O)[C@H](O)CO)[nH]c(=O)[nH]c2=O)cc1.O=C(O)CCCC(=O)Nc1c(NC[C@H](O)[C@H](O)[C@H](O)CO)[nH]c(=O)[nH]c1=O.O=c1[nH]c(NC[C@H](O)[C@H](O)[C@H](O)CO)c(CP(=O)(O)O)c(=O)[nH]1. The Balaban J connectivity index is 0.000000420. The molecule has 0 radical (unpaired) electrons. The average molecular weight is 1200 g/mol. The van der Waals surface area contributed by atoms with Crippen LogP contribution in [0.2, 0.25) is 0 Å². The van der Waals surface area contributed by atoms with Gasteiger partial charge in [-0.15, -0.1) is 0 Å². The number of nitrogens with one attached hydrogen (secondary N) is 11. The minimum atomic E-state index is -4.61. The summed E-state index contributed by atoms with van der Waals surface area (Å²) >= 11 is 0. The van der Waals surface area contributed by atoms with Gasteiger partial charge in [0.15, 0.2) is 9.84 Å². The van der Waals surface area contributed by atoms with E-state index in [1.54, 1.807) is 4.98 Å². The molecule has 0 saturated heterocycles. The summed E-state index contributed by atoms with van der Waals surface area (Å²) in [5.74, 6) is -3.44. The predicted molar refractivity (Wildman–Crippen MR) is 277 cm³/mol. The van der Waals surface area contributed by atoms with E-state index in [1.807, 2.05) is 9.97 Å². The third kappa shape index (κ3) is 23.4. The maximum atomic E-state index is 12.5. The largest absolute Gasteiger partial charge is 0.481 e. The van der Waals surface area contributed by atoms with Gasteiger partial charge in [-0.1, -0.05) is 0 Å². The highest BCUT2D eigenvalue weighted by atomic mass is 32.2. The van der Waals surface area contributed by atoms with Crippen molar-refractivity contribution in [3.8, 4) is 0 Å². The molecule has 0 fully saturated rings. The number of aliphatic hydroxyl groups is 12. The number of hydrogen-bond acceptors (Lipinski definition) is 27. The smallest absolute Gasteiger partial charge is 0.330 e. The van der Waals surface area contributed by atoms with Gasteiger partial charge in [0.2, 0.25) is 5.91 Å². The number of carbonyl (C=O) groups excluding carboxylic acids is 2. The summed E-state index contributed by atoms with van der Waals surface area (Å²) in [6.07, 6.45) is -15.1. The molecule has 38 nitrogen and oxygen atoms in total. The minimum Gasteiger partial charge on any atom is -0.481 e. The third-order valence-corrected chi connectivity index (χ3v) is 12.4. The fourth-order valence-corrected chi connectivity index (χ4v) is 7.56. The summed E-state index contributed by atoms with van der Waals surface area (Å²) < 4.78 is 34.0. The van der Waals surface area contributed by atoms with Crippen LogP contribution in [0.4, 0.5) is 28.8 Å². The Morgan fingerprint density at radius 2 is 0.914 bits per heavy atom. The molecule has 0 unspecified atom stereocenters. The molecule has 2 amide bonds. The first-order chi connectivity index (χ1) is 37.6. The first-order valence-electron chi connectivity index (χ1n) is 23.1. The summed E-state index contributed by atoms with van der Waals surface area (Å²) in [5.41, 5.74) is -6.93. The van der Waals surface area contributed by atoms with E-state index in [2.05, 4.69) is 41.5 Å². The third-order valence-electron chi connectivity index (χ3n) is 10.5. The normalized spacial score (nSPS) is 14.8. The van der Waals surface area contributed by atoms with Gasteiger partial charge < -0.3 is 103 Å². The van der Waals surface area contributed by atoms with Gasteiger partial charge in [0.05, 0.1) is 54.8 Å². The first kappa shape index (κ1) is 69.8. The second kappa shape index (κ2) is 32.2. The molecule has 3 heterocycles. The van der Waals surface area contributed by atoms with Gasteiger partial charge in [-0.3, -0.25) is 63.2 Å². The van der Waals surface area contributed by atoms with Gasteiger partial charge >= 0.3 is 30.6 Å². The lowest BCUT2D eigenvalue weighted by Crippen LogP contribution is -2.43. The van der Waals surface area contributed by atoms with Gasteiger partial charge in [0.25, 0.3) is 22.6 Å². The van der Waals surface area contributed by atoms with E-state index in [0.717, 1.165) is 6.26 Å². The Bertz CT molecular complexity index is 3250. The van der Waals surface area contributed by atoms with Crippen LogP contribution in [0.1, 0.15) is 35.2 Å². The number of carboxylic acid groups (broad SMARTS) is 1. The first-order valence-corrected chi connectivity index (χ1v) is 26.8. The number of carbonyl (C=O) groups is 3. The number of carboxylic acids is 1. The zero-order valence-corrected chi connectivity index (χ0v) is 43.8.